The Kier molecular flexibility index (Phi) is 4.55. The number of nitrogens with zero attached hydrogens (tertiary/aromatic N) is 1. The molecule has 1 amide bonds. The van der Waals surface area contributed by atoms with E-state index in [2.05, 4.69) is 52.5 Å². The van der Waals surface area contributed by atoms with Crippen molar-refractivity contribution in [1.29, 1.82) is 0 Å². The van der Waals surface area contributed by atoms with Gasteiger partial charge in [0, 0.05) is 36.1 Å². The predicted octanol–water partition coefficient (Wildman–Crippen LogP) is 4.33. The number of H-pyrrole nitrogens is 1. The number of hydrogen-bond donors (Lipinski definition) is 1. The lowest BCUT2D eigenvalue weighted by molar-refractivity contribution is -0.131. The summed E-state index contributed by atoms with van der Waals surface area (Å²) in [7, 11) is 0. The fraction of sp³-hybridized carbons (Fsp3) is 0.318. The van der Waals surface area contributed by atoms with E-state index in [-0.39, 0.29) is 0 Å². The fourth-order valence-electron chi connectivity index (χ4n) is 3.97. The second kappa shape index (κ2) is 7.14. The summed E-state index contributed by atoms with van der Waals surface area (Å²) in [5.74, 6) is 0.297. The Morgan fingerprint density at radius 2 is 1.88 bits per heavy atom. The van der Waals surface area contributed by atoms with Gasteiger partial charge in [-0.25, -0.2) is 0 Å². The highest BCUT2D eigenvalue weighted by Crippen LogP contribution is 2.26. The molecule has 3 heteroatoms. The summed E-state index contributed by atoms with van der Waals surface area (Å²) < 4.78 is 0. The van der Waals surface area contributed by atoms with Crippen LogP contribution in [-0.4, -0.2) is 28.4 Å². The van der Waals surface area contributed by atoms with Gasteiger partial charge in [-0.1, -0.05) is 48.5 Å². The van der Waals surface area contributed by atoms with Crippen LogP contribution in [0.4, 0.5) is 0 Å². The van der Waals surface area contributed by atoms with Crippen LogP contribution in [0.25, 0.3) is 10.9 Å². The van der Waals surface area contributed by atoms with Gasteiger partial charge in [0.15, 0.2) is 0 Å². The van der Waals surface area contributed by atoms with Crippen molar-refractivity contribution in [3.05, 3.63) is 71.9 Å². The van der Waals surface area contributed by atoms with Gasteiger partial charge in [-0.15, -0.1) is 0 Å². The molecule has 0 aliphatic carbocycles. The number of aryl methyl sites for hydroxylation is 1. The number of carbonyl (C=O) groups excluding carboxylic acids is 1. The lowest BCUT2D eigenvalue weighted by Gasteiger charge is -2.25. The average Bonchev–Trinajstić information content (AvgIpc) is 3.28. The van der Waals surface area contributed by atoms with Crippen molar-refractivity contribution in [1.82, 2.24) is 9.88 Å². The maximum absolute atomic E-state index is 12.7. The molecule has 4 rings (SSSR count). The van der Waals surface area contributed by atoms with E-state index in [4.69, 9.17) is 0 Å². The van der Waals surface area contributed by atoms with Crippen molar-refractivity contribution in [2.75, 3.05) is 6.54 Å². The molecule has 25 heavy (non-hydrogen) atoms. The SMILES string of the molecule is O=C(CCc1ccccc1)N1CCCC1Cc1c[nH]c2ccccc12. The van der Waals surface area contributed by atoms with Gasteiger partial charge in [-0.05, 0) is 42.9 Å². The van der Waals surface area contributed by atoms with Gasteiger partial charge in [0.1, 0.15) is 0 Å². The van der Waals surface area contributed by atoms with Gasteiger partial charge < -0.3 is 9.88 Å². The zero-order valence-electron chi connectivity index (χ0n) is 14.4. The zero-order chi connectivity index (χ0) is 17.1. The molecule has 1 aromatic heterocycles. The van der Waals surface area contributed by atoms with Gasteiger partial charge in [-0.3, -0.25) is 4.79 Å². The third-order valence-corrected chi connectivity index (χ3v) is 5.30. The van der Waals surface area contributed by atoms with E-state index in [1.807, 2.05) is 18.2 Å². The Morgan fingerprint density at radius 3 is 2.76 bits per heavy atom. The summed E-state index contributed by atoms with van der Waals surface area (Å²) in [5, 5.41) is 1.28. The second-order valence-electron chi connectivity index (χ2n) is 6.93. The highest BCUT2D eigenvalue weighted by Gasteiger charge is 2.28. The monoisotopic (exact) mass is 332 g/mol. The van der Waals surface area contributed by atoms with Crippen LogP contribution < -0.4 is 0 Å². The zero-order valence-corrected chi connectivity index (χ0v) is 14.4. The van der Waals surface area contributed by atoms with Crippen LogP contribution in [0, 0.1) is 0 Å². The van der Waals surface area contributed by atoms with E-state index in [9.17, 15) is 4.79 Å². The van der Waals surface area contributed by atoms with E-state index in [1.54, 1.807) is 0 Å². The van der Waals surface area contributed by atoms with E-state index in [1.165, 1.54) is 22.0 Å². The van der Waals surface area contributed by atoms with E-state index < -0.39 is 0 Å². The smallest absolute Gasteiger partial charge is 0.223 e. The molecule has 2 aromatic carbocycles. The number of likely N-dealkylation sites (tertiary alicyclic amines) is 1. The van der Waals surface area contributed by atoms with Gasteiger partial charge in [0.2, 0.25) is 5.91 Å². The first-order chi connectivity index (χ1) is 12.3. The van der Waals surface area contributed by atoms with Crippen LogP contribution in [0.5, 0.6) is 0 Å². The quantitative estimate of drug-likeness (QED) is 0.741. The van der Waals surface area contributed by atoms with E-state index in [0.717, 1.165) is 32.2 Å². The minimum atomic E-state index is 0.297. The van der Waals surface area contributed by atoms with Crippen molar-refractivity contribution >= 4 is 16.8 Å². The molecule has 1 aliphatic heterocycles. The highest BCUT2D eigenvalue weighted by atomic mass is 16.2. The number of nitrogens with one attached hydrogen (secondary N) is 1. The molecule has 1 fully saturated rings. The Morgan fingerprint density at radius 1 is 1.08 bits per heavy atom. The molecule has 128 valence electrons. The number of fused-ring (bicyclic) bond motifs is 1. The molecule has 0 radical (unpaired) electrons. The number of aromatic amines is 1. The normalized spacial score (nSPS) is 17.3. The molecule has 2 heterocycles. The largest absolute Gasteiger partial charge is 0.361 e. The number of para-hydroxylation sites is 1. The number of carbonyl (C=O) groups is 1. The van der Waals surface area contributed by atoms with Gasteiger partial charge in [-0.2, -0.15) is 0 Å². The van der Waals surface area contributed by atoms with Crippen molar-refractivity contribution in [2.45, 2.75) is 38.1 Å². The second-order valence-corrected chi connectivity index (χ2v) is 6.93. The van der Waals surface area contributed by atoms with Crippen LogP contribution >= 0.6 is 0 Å². The summed E-state index contributed by atoms with van der Waals surface area (Å²) in [6.45, 7) is 0.903. The van der Waals surface area contributed by atoms with Crippen molar-refractivity contribution in [3.8, 4) is 0 Å². The standard InChI is InChI=1S/C22H24N2O/c25-22(13-12-17-7-2-1-3-8-17)24-14-6-9-19(24)15-18-16-23-21-11-5-4-10-20(18)21/h1-5,7-8,10-11,16,19,23H,6,9,12-15H2. The predicted molar refractivity (Wildman–Crippen MR) is 102 cm³/mol. The third kappa shape index (κ3) is 3.46. The molecule has 1 unspecified atom stereocenters. The minimum absolute atomic E-state index is 0.297. The highest BCUT2D eigenvalue weighted by molar-refractivity contribution is 5.83. The maximum Gasteiger partial charge on any atom is 0.223 e. The molecule has 1 atom stereocenters. The number of amides is 1. The summed E-state index contributed by atoms with van der Waals surface area (Å²) in [4.78, 5) is 18.2. The van der Waals surface area contributed by atoms with Crippen LogP contribution in [0.15, 0.2) is 60.8 Å². The molecule has 1 saturated heterocycles. The fourth-order valence-corrected chi connectivity index (χ4v) is 3.97. The molecule has 3 nitrogen and oxygen atoms in total. The van der Waals surface area contributed by atoms with Gasteiger partial charge in [0.05, 0.1) is 0 Å². The lowest BCUT2D eigenvalue weighted by atomic mass is 10.0. The molecule has 0 spiro atoms. The summed E-state index contributed by atoms with van der Waals surface area (Å²) in [6.07, 6.45) is 6.71. The van der Waals surface area contributed by atoms with E-state index in [0.29, 0.717) is 18.4 Å². The minimum Gasteiger partial charge on any atom is -0.361 e. The number of aromatic nitrogens is 1. The first-order valence-electron chi connectivity index (χ1n) is 9.19. The van der Waals surface area contributed by atoms with Crippen LogP contribution in [-0.2, 0) is 17.6 Å². The molecule has 1 N–H and O–H groups in total. The van der Waals surface area contributed by atoms with Gasteiger partial charge in [0.25, 0.3) is 0 Å². The number of hydrogen-bond acceptors (Lipinski definition) is 1. The Balaban J connectivity index is 1.42. The Hall–Kier alpha value is -2.55. The summed E-state index contributed by atoms with van der Waals surface area (Å²) >= 11 is 0. The molecule has 1 aliphatic rings. The third-order valence-electron chi connectivity index (χ3n) is 5.30. The summed E-state index contributed by atoms with van der Waals surface area (Å²) in [6, 6.07) is 19.0. The van der Waals surface area contributed by atoms with Crippen molar-refractivity contribution in [3.63, 3.8) is 0 Å². The molecule has 3 aromatic rings. The van der Waals surface area contributed by atoms with E-state index >= 15 is 0 Å². The Labute approximate surface area is 148 Å². The first kappa shape index (κ1) is 15.9. The lowest BCUT2D eigenvalue weighted by Crippen LogP contribution is -2.36. The molecule has 0 saturated carbocycles. The van der Waals surface area contributed by atoms with Crippen LogP contribution in [0.2, 0.25) is 0 Å². The summed E-state index contributed by atoms with van der Waals surface area (Å²) in [5.41, 5.74) is 3.74. The van der Waals surface area contributed by atoms with Gasteiger partial charge >= 0.3 is 0 Å². The maximum atomic E-state index is 12.7. The molecular weight excluding hydrogens is 308 g/mol. The molecule has 0 bridgehead atoms. The Bertz CT molecular complexity index is 853. The number of benzene rings is 2. The number of rotatable bonds is 5. The van der Waals surface area contributed by atoms with Crippen LogP contribution in [0.1, 0.15) is 30.4 Å². The first-order valence-corrected chi connectivity index (χ1v) is 9.19. The van der Waals surface area contributed by atoms with Crippen LogP contribution in [0.3, 0.4) is 0 Å². The van der Waals surface area contributed by atoms with Crippen molar-refractivity contribution in [2.24, 2.45) is 0 Å². The molecular formula is C22H24N2O. The average molecular weight is 332 g/mol. The topological polar surface area (TPSA) is 36.1 Å². The van der Waals surface area contributed by atoms with Crippen molar-refractivity contribution < 1.29 is 4.79 Å².